The molecule has 196 valence electrons. The van der Waals surface area contributed by atoms with Crippen LogP contribution in [0.1, 0.15) is 22.5 Å². The van der Waals surface area contributed by atoms with Crippen molar-refractivity contribution in [3.63, 3.8) is 0 Å². The summed E-state index contributed by atoms with van der Waals surface area (Å²) in [6.45, 7) is 5.27. The summed E-state index contributed by atoms with van der Waals surface area (Å²) in [7, 11) is -4.06. The number of aromatic nitrogens is 1. The fourth-order valence-corrected chi connectivity index (χ4v) is 5.84. The second-order valence-electron chi connectivity index (χ2n) is 8.74. The molecule has 0 aliphatic carbocycles. The molecule has 0 atom stereocenters. The predicted molar refractivity (Wildman–Crippen MR) is 153 cm³/mol. The number of nitrogens with zero attached hydrogens (tertiary/aromatic N) is 3. The SMILES string of the molecule is Cc1ccc(S(=O)(=O)N(CC(=O)N/N=C\c2cc(C)n(-c3cccc(Cl)c3)c2C)c2cccc(Cl)c2)cc1. The lowest BCUT2D eigenvalue weighted by Crippen LogP contribution is -2.39. The van der Waals surface area contributed by atoms with Crippen molar-refractivity contribution in [3.8, 4) is 5.69 Å². The van der Waals surface area contributed by atoms with Gasteiger partial charge in [-0.15, -0.1) is 0 Å². The van der Waals surface area contributed by atoms with Crippen LogP contribution >= 0.6 is 23.2 Å². The normalized spacial score (nSPS) is 11.6. The molecule has 3 aromatic carbocycles. The minimum atomic E-state index is -4.06. The highest BCUT2D eigenvalue weighted by atomic mass is 35.5. The Morgan fingerprint density at radius 2 is 1.61 bits per heavy atom. The van der Waals surface area contributed by atoms with Gasteiger partial charge >= 0.3 is 0 Å². The van der Waals surface area contributed by atoms with Crippen LogP contribution in [0.3, 0.4) is 0 Å². The van der Waals surface area contributed by atoms with Gasteiger partial charge in [0, 0.05) is 32.7 Å². The van der Waals surface area contributed by atoms with Crippen molar-refractivity contribution in [2.75, 3.05) is 10.8 Å². The van der Waals surface area contributed by atoms with Gasteiger partial charge in [-0.3, -0.25) is 9.10 Å². The van der Waals surface area contributed by atoms with E-state index in [4.69, 9.17) is 23.2 Å². The number of halogens is 2. The summed E-state index contributed by atoms with van der Waals surface area (Å²) in [6.07, 6.45) is 1.53. The highest BCUT2D eigenvalue weighted by Crippen LogP contribution is 2.26. The van der Waals surface area contributed by atoms with Gasteiger partial charge in [-0.05, 0) is 75.4 Å². The summed E-state index contributed by atoms with van der Waals surface area (Å²) in [4.78, 5) is 12.9. The molecule has 0 radical (unpaired) electrons. The highest BCUT2D eigenvalue weighted by Gasteiger charge is 2.27. The van der Waals surface area contributed by atoms with Crippen LogP contribution in [0.5, 0.6) is 0 Å². The zero-order valence-electron chi connectivity index (χ0n) is 21.0. The average Bonchev–Trinajstić information content (AvgIpc) is 3.15. The minimum absolute atomic E-state index is 0.0628. The molecular formula is C28H26Cl2N4O3S. The maximum Gasteiger partial charge on any atom is 0.264 e. The number of rotatable bonds is 8. The fourth-order valence-electron chi connectivity index (χ4n) is 4.05. The summed E-state index contributed by atoms with van der Waals surface area (Å²) in [5.74, 6) is -0.611. The Bertz CT molecular complexity index is 1610. The Hall–Kier alpha value is -3.59. The van der Waals surface area contributed by atoms with Crippen LogP contribution < -0.4 is 9.73 Å². The van der Waals surface area contributed by atoms with E-state index in [-0.39, 0.29) is 10.6 Å². The number of amides is 1. The van der Waals surface area contributed by atoms with Crippen LogP contribution in [0.15, 0.2) is 88.9 Å². The number of hydrazone groups is 1. The van der Waals surface area contributed by atoms with Crippen molar-refractivity contribution in [2.24, 2.45) is 5.10 Å². The third-order valence-corrected chi connectivity index (χ3v) is 8.18. The minimum Gasteiger partial charge on any atom is -0.318 e. The summed E-state index contributed by atoms with van der Waals surface area (Å²) in [5.41, 5.74) is 7.21. The summed E-state index contributed by atoms with van der Waals surface area (Å²) < 4.78 is 30.0. The van der Waals surface area contributed by atoms with E-state index in [0.717, 1.165) is 32.5 Å². The van der Waals surface area contributed by atoms with Crippen molar-refractivity contribution >= 4 is 51.0 Å². The molecule has 0 bridgehead atoms. The molecule has 7 nitrogen and oxygen atoms in total. The predicted octanol–water partition coefficient (Wildman–Crippen LogP) is 6.05. The molecule has 0 fully saturated rings. The molecule has 0 unspecified atom stereocenters. The van der Waals surface area contributed by atoms with Crippen molar-refractivity contribution in [1.82, 2.24) is 9.99 Å². The number of anilines is 1. The van der Waals surface area contributed by atoms with E-state index in [1.807, 2.05) is 55.7 Å². The maximum atomic E-state index is 13.5. The van der Waals surface area contributed by atoms with Crippen LogP contribution in [0.4, 0.5) is 5.69 Å². The van der Waals surface area contributed by atoms with E-state index in [1.54, 1.807) is 30.3 Å². The largest absolute Gasteiger partial charge is 0.318 e. The smallest absolute Gasteiger partial charge is 0.264 e. The van der Waals surface area contributed by atoms with E-state index < -0.39 is 22.5 Å². The summed E-state index contributed by atoms with van der Waals surface area (Å²) >= 11 is 12.3. The van der Waals surface area contributed by atoms with Gasteiger partial charge in [0.15, 0.2) is 0 Å². The summed E-state index contributed by atoms with van der Waals surface area (Å²) in [6, 6.07) is 22.2. The monoisotopic (exact) mass is 568 g/mol. The molecule has 0 saturated heterocycles. The number of hydrogen-bond acceptors (Lipinski definition) is 4. The van der Waals surface area contributed by atoms with Crippen LogP contribution in [0.2, 0.25) is 10.0 Å². The highest BCUT2D eigenvalue weighted by molar-refractivity contribution is 7.92. The summed E-state index contributed by atoms with van der Waals surface area (Å²) in [5, 5.41) is 5.06. The molecule has 1 heterocycles. The van der Waals surface area contributed by atoms with E-state index in [9.17, 15) is 13.2 Å². The lowest BCUT2D eigenvalue weighted by molar-refractivity contribution is -0.119. The van der Waals surface area contributed by atoms with Gasteiger partial charge in [0.25, 0.3) is 15.9 Å². The van der Waals surface area contributed by atoms with Crippen molar-refractivity contribution < 1.29 is 13.2 Å². The van der Waals surface area contributed by atoms with Crippen molar-refractivity contribution in [3.05, 3.63) is 111 Å². The first-order chi connectivity index (χ1) is 18.1. The zero-order valence-corrected chi connectivity index (χ0v) is 23.3. The molecule has 38 heavy (non-hydrogen) atoms. The Morgan fingerprint density at radius 3 is 2.26 bits per heavy atom. The second kappa shape index (κ2) is 11.4. The van der Waals surface area contributed by atoms with E-state index in [1.165, 1.54) is 24.4 Å². The average molecular weight is 570 g/mol. The molecule has 10 heteroatoms. The number of sulfonamides is 1. The van der Waals surface area contributed by atoms with Gasteiger partial charge in [-0.1, -0.05) is 53.0 Å². The van der Waals surface area contributed by atoms with E-state index >= 15 is 0 Å². The molecule has 0 spiro atoms. The maximum absolute atomic E-state index is 13.5. The van der Waals surface area contributed by atoms with Gasteiger partial charge in [0.05, 0.1) is 16.8 Å². The van der Waals surface area contributed by atoms with Gasteiger partial charge in [0.1, 0.15) is 6.54 Å². The molecule has 4 aromatic rings. The standard InChI is InChI=1S/C28H26Cl2N4O3S/c1-19-10-12-27(13-11-19)38(36,37)33(25-8-4-6-23(29)15-25)18-28(35)32-31-17-22-14-20(2)34(21(22)3)26-9-5-7-24(30)16-26/h4-17H,18H2,1-3H3,(H,32,35)/b31-17-. The molecule has 1 N–H and O–H groups in total. The van der Waals surface area contributed by atoms with E-state index in [0.29, 0.717) is 10.0 Å². The number of benzene rings is 3. The molecule has 0 saturated carbocycles. The first-order valence-electron chi connectivity index (χ1n) is 11.7. The first kappa shape index (κ1) is 27.4. The van der Waals surface area contributed by atoms with Gasteiger partial charge in [0.2, 0.25) is 0 Å². The number of aryl methyl sites for hydroxylation is 2. The van der Waals surface area contributed by atoms with Crippen molar-refractivity contribution in [1.29, 1.82) is 0 Å². The third kappa shape index (κ3) is 6.10. The Kier molecular flexibility index (Phi) is 8.26. The molecule has 1 aromatic heterocycles. The molecule has 1 amide bonds. The van der Waals surface area contributed by atoms with Crippen LogP contribution in [0, 0.1) is 20.8 Å². The molecule has 0 aliphatic heterocycles. The number of carbonyl (C=O) groups is 1. The lowest BCUT2D eigenvalue weighted by Gasteiger charge is -2.24. The van der Waals surface area contributed by atoms with Gasteiger partial charge in [-0.25, -0.2) is 13.8 Å². The second-order valence-corrected chi connectivity index (χ2v) is 11.5. The number of hydrogen-bond donors (Lipinski definition) is 1. The molecule has 4 rings (SSSR count). The molecular weight excluding hydrogens is 543 g/mol. The Morgan fingerprint density at radius 1 is 0.947 bits per heavy atom. The number of nitrogens with one attached hydrogen (secondary N) is 1. The third-order valence-electron chi connectivity index (χ3n) is 5.92. The van der Waals surface area contributed by atoms with Crippen LogP contribution in [-0.2, 0) is 14.8 Å². The van der Waals surface area contributed by atoms with Crippen molar-refractivity contribution in [2.45, 2.75) is 25.7 Å². The molecule has 0 aliphatic rings. The number of carbonyl (C=O) groups excluding carboxylic acids is 1. The Balaban J connectivity index is 1.56. The van der Waals surface area contributed by atoms with Gasteiger partial charge < -0.3 is 4.57 Å². The first-order valence-corrected chi connectivity index (χ1v) is 13.9. The topological polar surface area (TPSA) is 83.8 Å². The quantitative estimate of drug-likeness (QED) is 0.207. The zero-order chi connectivity index (χ0) is 27.4. The van der Waals surface area contributed by atoms with Crippen LogP contribution in [0.25, 0.3) is 5.69 Å². The Labute approximate surface area is 232 Å². The lowest BCUT2D eigenvalue weighted by atomic mass is 10.2. The van der Waals surface area contributed by atoms with Gasteiger partial charge in [-0.2, -0.15) is 5.10 Å². The fraction of sp³-hybridized carbons (Fsp3) is 0.143. The van der Waals surface area contributed by atoms with E-state index in [2.05, 4.69) is 10.5 Å². The van der Waals surface area contributed by atoms with Crippen LogP contribution in [-0.4, -0.2) is 31.7 Å².